The lowest BCUT2D eigenvalue weighted by Crippen LogP contribution is -2.26. The fourth-order valence-electron chi connectivity index (χ4n) is 1.22. The summed E-state index contributed by atoms with van der Waals surface area (Å²) in [6.07, 6.45) is 1.70. The van der Waals surface area contributed by atoms with E-state index in [9.17, 15) is 9.59 Å². The lowest BCUT2D eigenvalue weighted by atomic mass is 10.2. The number of carboxylic acids is 1. The van der Waals surface area contributed by atoms with Gasteiger partial charge < -0.3 is 10.8 Å². The monoisotopic (exact) mass is 212 g/mol. The highest BCUT2D eigenvalue weighted by atomic mass is 16.4. The van der Waals surface area contributed by atoms with Crippen LogP contribution in [-0.4, -0.2) is 32.0 Å². The summed E-state index contributed by atoms with van der Waals surface area (Å²) in [5.41, 5.74) is 5.45. The summed E-state index contributed by atoms with van der Waals surface area (Å²) in [5, 5.41) is 15.8. The van der Waals surface area contributed by atoms with Gasteiger partial charge in [-0.3, -0.25) is 9.59 Å². The van der Waals surface area contributed by atoms with Crippen molar-refractivity contribution in [2.24, 2.45) is 5.73 Å². The SMILES string of the molecule is CCC(C(N)=O)n1cc(CC(=O)O)nn1. The molecule has 7 heteroatoms. The highest BCUT2D eigenvalue weighted by Crippen LogP contribution is 2.09. The summed E-state index contributed by atoms with van der Waals surface area (Å²) < 4.78 is 1.29. The van der Waals surface area contributed by atoms with E-state index >= 15 is 0 Å². The van der Waals surface area contributed by atoms with E-state index in [0.29, 0.717) is 12.1 Å². The number of hydrogen-bond acceptors (Lipinski definition) is 4. The number of amides is 1. The molecule has 0 aliphatic heterocycles. The third kappa shape index (κ3) is 2.76. The largest absolute Gasteiger partial charge is 0.481 e. The Hall–Kier alpha value is -1.92. The van der Waals surface area contributed by atoms with E-state index < -0.39 is 17.9 Å². The minimum atomic E-state index is -0.992. The number of carboxylic acid groups (broad SMARTS) is 1. The van der Waals surface area contributed by atoms with E-state index in [0.717, 1.165) is 0 Å². The second kappa shape index (κ2) is 4.54. The summed E-state index contributed by atoms with van der Waals surface area (Å²) in [4.78, 5) is 21.4. The van der Waals surface area contributed by atoms with Crippen LogP contribution in [0.25, 0.3) is 0 Å². The molecule has 7 nitrogen and oxygen atoms in total. The van der Waals surface area contributed by atoms with Crippen LogP contribution in [0.4, 0.5) is 0 Å². The van der Waals surface area contributed by atoms with E-state index in [2.05, 4.69) is 10.3 Å². The first-order valence-electron chi connectivity index (χ1n) is 4.46. The molecule has 0 aliphatic carbocycles. The average molecular weight is 212 g/mol. The Bertz CT molecular complexity index is 374. The third-order valence-corrected chi connectivity index (χ3v) is 1.92. The van der Waals surface area contributed by atoms with Crippen LogP contribution in [0, 0.1) is 0 Å². The molecule has 0 saturated heterocycles. The van der Waals surface area contributed by atoms with Gasteiger partial charge in [-0.05, 0) is 6.42 Å². The second-order valence-corrected chi connectivity index (χ2v) is 3.09. The Labute approximate surface area is 85.9 Å². The fourth-order valence-corrected chi connectivity index (χ4v) is 1.22. The van der Waals surface area contributed by atoms with Crippen molar-refractivity contribution in [1.82, 2.24) is 15.0 Å². The zero-order valence-corrected chi connectivity index (χ0v) is 8.25. The number of rotatable bonds is 5. The molecule has 15 heavy (non-hydrogen) atoms. The molecule has 3 N–H and O–H groups in total. The minimum Gasteiger partial charge on any atom is -0.481 e. The second-order valence-electron chi connectivity index (χ2n) is 3.09. The molecule has 1 atom stereocenters. The summed E-state index contributed by atoms with van der Waals surface area (Å²) in [6, 6.07) is -0.569. The molecule has 82 valence electrons. The van der Waals surface area contributed by atoms with Gasteiger partial charge in [0.15, 0.2) is 0 Å². The number of aromatic nitrogens is 3. The Balaban J connectivity index is 2.82. The molecule has 0 radical (unpaired) electrons. The molecule has 0 bridgehead atoms. The predicted molar refractivity (Wildman–Crippen MR) is 49.9 cm³/mol. The molecule has 0 fully saturated rings. The van der Waals surface area contributed by atoms with Gasteiger partial charge in [0.05, 0.1) is 12.1 Å². The van der Waals surface area contributed by atoms with Crippen LogP contribution in [0.15, 0.2) is 6.20 Å². The van der Waals surface area contributed by atoms with Gasteiger partial charge in [-0.1, -0.05) is 12.1 Å². The molecule has 1 amide bonds. The topological polar surface area (TPSA) is 111 Å². The summed E-state index contributed by atoms with van der Waals surface area (Å²) in [6.45, 7) is 1.79. The summed E-state index contributed by atoms with van der Waals surface area (Å²) >= 11 is 0. The predicted octanol–water partition coefficient (Wildman–Crippen LogP) is -0.658. The normalized spacial score (nSPS) is 12.3. The van der Waals surface area contributed by atoms with Gasteiger partial charge in [0.2, 0.25) is 5.91 Å². The summed E-state index contributed by atoms with van der Waals surface area (Å²) in [5.74, 6) is -1.50. The number of hydrogen-bond donors (Lipinski definition) is 2. The Morgan fingerprint density at radius 3 is 2.80 bits per heavy atom. The molecule has 1 unspecified atom stereocenters. The van der Waals surface area contributed by atoms with Gasteiger partial charge in [0.25, 0.3) is 0 Å². The highest BCUT2D eigenvalue weighted by molar-refractivity contribution is 5.78. The molecule has 1 aromatic rings. The molecule has 1 rings (SSSR count). The van der Waals surface area contributed by atoms with Crippen molar-refractivity contribution >= 4 is 11.9 Å². The molecular formula is C8H12N4O3. The smallest absolute Gasteiger partial charge is 0.309 e. The molecular weight excluding hydrogens is 200 g/mol. The van der Waals surface area contributed by atoms with Crippen LogP contribution in [0.1, 0.15) is 25.1 Å². The van der Waals surface area contributed by atoms with Crippen LogP contribution >= 0.6 is 0 Å². The van der Waals surface area contributed by atoms with E-state index in [1.54, 1.807) is 6.92 Å². The number of nitrogens with zero attached hydrogens (tertiary/aromatic N) is 3. The van der Waals surface area contributed by atoms with Crippen molar-refractivity contribution in [1.29, 1.82) is 0 Å². The molecule has 0 spiro atoms. The van der Waals surface area contributed by atoms with Crippen LogP contribution in [0.3, 0.4) is 0 Å². The molecule has 0 aromatic carbocycles. The minimum absolute atomic E-state index is 0.213. The van der Waals surface area contributed by atoms with E-state index in [1.807, 2.05) is 0 Å². The lowest BCUT2D eigenvalue weighted by Gasteiger charge is -2.09. The van der Waals surface area contributed by atoms with E-state index in [1.165, 1.54) is 10.9 Å². The molecule has 1 heterocycles. The van der Waals surface area contributed by atoms with Gasteiger partial charge in [-0.15, -0.1) is 5.10 Å². The molecule has 0 saturated carbocycles. The highest BCUT2D eigenvalue weighted by Gasteiger charge is 2.17. The van der Waals surface area contributed by atoms with E-state index in [-0.39, 0.29) is 6.42 Å². The van der Waals surface area contributed by atoms with Crippen LogP contribution in [0.2, 0.25) is 0 Å². The van der Waals surface area contributed by atoms with Crippen LogP contribution in [0.5, 0.6) is 0 Å². The maximum Gasteiger partial charge on any atom is 0.309 e. The van der Waals surface area contributed by atoms with E-state index in [4.69, 9.17) is 10.8 Å². The number of primary amides is 1. The Kier molecular flexibility index (Phi) is 3.37. The Morgan fingerprint density at radius 2 is 2.33 bits per heavy atom. The first-order chi connectivity index (χ1) is 7.04. The average Bonchev–Trinajstić information content (AvgIpc) is 2.52. The number of carbonyl (C=O) groups excluding carboxylic acids is 1. The van der Waals surface area contributed by atoms with Crippen molar-refractivity contribution < 1.29 is 14.7 Å². The van der Waals surface area contributed by atoms with Crippen LogP contribution < -0.4 is 5.73 Å². The zero-order chi connectivity index (χ0) is 11.4. The quantitative estimate of drug-likeness (QED) is 0.673. The molecule has 1 aromatic heterocycles. The first-order valence-corrected chi connectivity index (χ1v) is 4.46. The Morgan fingerprint density at radius 1 is 1.67 bits per heavy atom. The van der Waals surface area contributed by atoms with Gasteiger partial charge in [-0.25, -0.2) is 4.68 Å². The number of aliphatic carboxylic acids is 1. The maximum absolute atomic E-state index is 11.0. The molecule has 0 aliphatic rings. The van der Waals surface area contributed by atoms with Gasteiger partial charge in [0, 0.05) is 6.20 Å². The standard InChI is InChI=1S/C8H12N4O3/c1-2-6(8(9)15)12-4-5(10-11-12)3-7(13)14/h4,6H,2-3H2,1H3,(H2,9,15)(H,13,14). The van der Waals surface area contributed by atoms with Gasteiger partial charge in [-0.2, -0.15) is 0 Å². The number of nitrogens with two attached hydrogens (primary N) is 1. The third-order valence-electron chi connectivity index (χ3n) is 1.92. The zero-order valence-electron chi connectivity index (χ0n) is 8.25. The lowest BCUT2D eigenvalue weighted by molar-refractivity contribution is -0.136. The number of carbonyl (C=O) groups is 2. The van der Waals surface area contributed by atoms with Gasteiger partial charge in [0.1, 0.15) is 6.04 Å². The van der Waals surface area contributed by atoms with Crippen molar-refractivity contribution in [3.05, 3.63) is 11.9 Å². The fraction of sp³-hybridized carbons (Fsp3) is 0.500. The summed E-state index contributed by atoms with van der Waals surface area (Å²) in [7, 11) is 0. The van der Waals surface area contributed by atoms with Crippen molar-refractivity contribution in [2.45, 2.75) is 25.8 Å². The maximum atomic E-state index is 11.0. The van der Waals surface area contributed by atoms with Crippen molar-refractivity contribution in [3.8, 4) is 0 Å². The van der Waals surface area contributed by atoms with Crippen molar-refractivity contribution in [3.63, 3.8) is 0 Å². The van der Waals surface area contributed by atoms with Crippen molar-refractivity contribution in [2.75, 3.05) is 0 Å². The first kappa shape index (κ1) is 11.2. The van der Waals surface area contributed by atoms with Crippen LogP contribution in [-0.2, 0) is 16.0 Å². The van der Waals surface area contributed by atoms with Gasteiger partial charge >= 0.3 is 5.97 Å².